The minimum Gasteiger partial charge on any atom is -0.453 e. The molecule has 10 fully saturated rings. The van der Waals surface area contributed by atoms with E-state index in [1.807, 2.05) is 106 Å². The van der Waals surface area contributed by atoms with Gasteiger partial charge >= 0.3 is 55.1 Å². The molecule has 9 saturated heterocycles. The summed E-state index contributed by atoms with van der Waals surface area (Å²) in [5.74, 6) is 0. The molecule has 0 aromatic carbocycles. The SMILES string of the molecule is CCN(C(=O)N(C)C)C1CCN(C)CC1.CCN(CC(F)(F)F)C1CCN(C)CC1.CCN(CC(F)F)C1CCN(C)CC1.CCN(CCF)C1CCN(C)CC1.CCOC(=O)N(CC)C1CCN(C)CC1.CN1CCC(N(CC(F)(F)F)C2CC2)CC1.COC(=O)N(C(C)C)C1CCN(C)CC1.COC(=O)N(CC(F)(F)F)C1CCN(C)CC1.COCCOC(=O)N(CC(F)(F)F)C1CCN(C)CC1. The van der Waals surface area contributed by atoms with Gasteiger partial charge < -0.3 is 87.4 Å². The fourth-order valence-electron chi connectivity index (χ4n) is 19.1. The van der Waals surface area contributed by atoms with Crippen LogP contribution < -0.4 is 0 Å². The zero-order valence-electron chi connectivity index (χ0n) is 89.2. The number of urea groups is 1. The van der Waals surface area contributed by atoms with Crippen molar-refractivity contribution in [2.75, 3.05) is 315 Å². The summed E-state index contributed by atoms with van der Waals surface area (Å²) in [7, 11) is 26.1. The average Bonchev–Trinajstić information content (AvgIpc) is 1.68. The van der Waals surface area contributed by atoms with E-state index in [1.54, 1.807) is 21.6 Å². The van der Waals surface area contributed by atoms with Crippen LogP contribution in [0.4, 0.5) is 89.8 Å². The van der Waals surface area contributed by atoms with E-state index < -0.39 is 75.5 Å². The molecule has 10 aliphatic rings. The first-order chi connectivity index (χ1) is 65.7. The third-order valence-corrected chi connectivity index (χ3v) is 27.7. The Balaban J connectivity index is 0.000000534. The van der Waals surface area contributed by atoms with Gasteiger partial charge in [0.2, 0.25) is 0 Å². The Bertz CT molecular complexity index is 3200. The lowest BCUT2D eigenvalue weighted by atomic mass is 10.0. The molecule has 0 aromatic heterocycles. The van der Waals surface area contributed by atoms with Gasteiger partial charge in [-0.1, -0.05) is 20.8 Å². The number of methoxy groups -OCH3 is 3. The number of nitrogens with zero attached hydrogens (tertiary/aromatic N) is 19. The van der Waals surface area contributed by atoms with E-state index in [2.05, 4.69) is 93.0 Å². The highest BCUT2D eigenvalue weighted by Crippen LogP contribution is 2.36. The summed E-state index contributed by atoms with van der Waals surface area (Å²) in [6.07, 6.45) is -2.99. The van der Waals surface area contributed by atoms with Gasteiger partial charge in [-0.25, -0.2) is 37.1 Å². The molecule has 140 heavy (non-hydrogen) atoms. The minimum absolute atomic E-state index is 0.0453. The third kappa shape index (κ3) is 55.0. The number of carbonyl (C=O) groups is 5. The fraction of sp³-hybridized carbons (Fsp3) is 0.948. The number of ether oxygens (including phenoxy) is 5. The summed E-state index contributed by atoms with van der Waals surface area (Å²) in [5, 5.41) is 0. The molecule has 0 N–H and O–H groups in total. The van der Waals surface area contributed by atoms with Crippen molar-refractivity contribution in [2.24, 2.45) is 0 Å². The number of amides is 6. The molecule has 1 aliphatic carbocycles. The number of rotatable bonds is 28. The maximum absolute atomic E-state index is 12.6. The largest absolute Gasteiger partial charge is 0.453 e. The summed E-state index contributed by atoms with van der Waals surface area (Å²) in [6.45, 7) is 33.8. The molecule has 828 valence electrons. The van der Waals surface area contributed by atoms with Gasteiger partial charge in [-0.05, 0) is 364 Å². The quantitative estimate of drug-likeness (QED) is 0.0407. The smallest absolute Gasteiger partial charge is 0.410 e. The van der Waals surface area contributed by atoms with Crippen molar-refractivity contribution in [1.82, 2.24) is 93.1 Å². The van der Waals surface area contributed by atoms with Crippen LogP contribution in [0.1, 0.15) is 184 Å². The van der Waals surface area contributed by atoms with Crippen LogP contribution in [0.5, 0.6) is 0 Å². The van der Waals surface area contributed by atoms with Gasteiger partial charge in [0.25, 0.3) is 6.43 Å². The van der Waals surface area contributed by atoms with Crippen LogP contribution in [0.3, 0.4) is 0 Å². The van der Waals surface area contributed by atoms with Crippen LogP contribution in [0.2, 0.25) is 0 Å². The predicted molar refractivity (Wildman–Crippen MR) is 522 cm³/mol. The van der Waals surface area contributed by atoms with Crippen molar-refractivity contribution in [3.63, 3.8) is 0 Å². The highest BCUT2D eigenvalue weighted by Gasteiger charge is 2.44. The van der Waals surface area contributed by atoms with Crippen molar-refractivity contribution >= 4 is 30.4 Å². The van der Waals surface area contributed by atoms with E-state index in [0.717, 1.165) is 225 Å². The van der Waals surface area contributed by atoms with Gasteiger partial charge in [0.1, 0.15) is 26.4 Å². The molecule has 10 rings (SSSR count). The first-order valence-electron chi connectivity index (χ1n) is 51.1. The van der Waals surface area contributed by atoms with Gasteiger partial charge in [0.05, 0.1) is 47.1 Å². The Kier molecular flexibility index (Phi) is 64.5. The molecule has 1 saturated carbocycles. The van der Waals surface area contributed by atoms with Gasteiger partial charge in [-0.15, -0.1) is 0 Å². The molecule has 29 nitrogen and oxygen atoms in total. The second-order valence-electron chi connectivity index (χ2n) is 39.3. The first-order valence-corrected chi connectivity index (χ1v) is 51.1. The van der Waals surface area contributed by atoms with Gasteiger partial charge in [0.15, 0.2) is 0 Å². The molecule has 0 atom stereocenters. The monoisotopic (exact) mass is 2050 g/mol. The van der Waals surface area contributed by atoms with Crippen molar-refractivity contribution < 1.29 is 114 Å². The van der Waals surface area contributed by atoms with E-state index in [-0.39, 0.29) is 74.9 Å². The van der Waals surface area contributed by atoms with E-state index in [1.165, 1.54) is 27.1 Å². The normalized spacial score (nSPS) is 20.2. The molecule has 9 aliphatic heterocycles. The molecule has 44 heteroatoms. The lowest BCUT2D eigenvalue weighted by Gasteiger charge is -2.38. The van der Waals surface area contributed by atoms with E-state index in [0.29, 0.717) is 102 Å². The van der Waals surface area contributed by atoms with Crippen molar-refractivity contribution in [3.05, 3.63) is 0 Å². The van der Waals surface area contributed by atoms with Crippen molar-refractivity contribution in [2.45, 2.75) is 281 Å². The molecule has 0 spiro atoms. The first kappa shape index (κ1) is 131. The van der Waals surface area contributed by atoms with E-state index in [9.17, 15) is 89.8 Å². The second-order valence-corrected chi connectivity index (χ2v) is 39.3. The maximum atomic E-state index is 12.6. The predicted octanol–water partition coefficient (Wildman–Crippen LogP) is 14.8. The van der Waals surface area contributed by atoms with Gasteiger partial charge in [-0.2, -0.15) is 52.7 Å². The lowest BCUT2D eigenvalue weighted by molar-refractivity contribution is -0.154. The van der Waals surface area contributed by atoms with E-state index in [4.69, 9.17) is 18.9 Å². The highest BCUT2D eigenvalue weighted by molar-refractivity contribution is 5.74. The molecule has 0 unspecified atom stereocenters. The Hall–Kier alpha value is -5.26. The van der Waals surface area contributed by atoms with Crippen LogP contribution in [0.25, 0.3) is 0 Å². The standard InChI is InChI=1S/C12H21F3N2O3.C11H19F3N2.C11H23N3O.2C11H22N2O2.C10H17F3N2O2.C10H19F3N2.C10H20F2N2.C10H21FN2/c1-16-5-3-10(4-6-16)17(9-12(13,14)15)11(18)20-8-7-19-2;1-15-6-4-10(5-7-15)16(9-2-3-9)8-11(12,13)14;1-5-14(11(15)12(2)3)10-6-8-13(4)9-7-10;1-9(2)13(11(14)15-4)10-5-7-12(3)8-6-10;1-4-13(11(14)15-5-2)10-6-8-12(3)9-7-10;1-14-5-3-8(4-6-14)15(9(16)17-2)7-10(11,12)13;1-3-15(8-10(11,12)13)9-4-6-14(2)7-5-9;1-3-14(8-10(11)12)9-4-6-13(2)7-5-9;1-3-13(9-6-11)10-4-7-12(2)8-5-10/h10H,3-9H2,1-2H3;9-10H,2-8H2,1H3;10H,5-9H2,1-4H3;9-10H,5-8H2,1-4H3;10H,4-9H2,1-3H3;8H,3-7H2,1-2H3;9H,3-8H2,1-2H3;9-10H,3-8H2,1-2H3;10H,3-9H2,1-2H3. The lowest BCUT2D eigenvalue weighted by Crippen LogP contribution is -2.50. The summed E-state index contributed by atoms with van der Waals surface area (Å²) < 4.78 is 210. The summed E-state index contributed by atoms with van der Waals surface area (Å²) in [4.78, 5) is 94.7. The Morgan fingerprint density at radius 3 is 0.871 bits per heavy atom. The summed E-state index contributed by atoms with van der Waals surface area (Å²) in [5.41, 5.74) is 0. The van der Waals surface area contributed by atoms with Crippen LogP contribution >= 0.6 is 0 Å². The number of hydrogen-bond acceptors (Lipinski definition) is 23. The zero-order valence-corrected chi connectivity index (χ0v) is 89.2. The maximum Gasteiger partial charge on any atom is 0.410 e. The highest BCUT2D eigenvalue weighted by atomic mass is 19.4. The Labute approximate surface area is 830 Å². The number of alkyl halides is 15. The topological polar surface area (TPSA) is 193 Å². The van der Waals surface area contributed by atoms with Gasteiger partial charge in [0, 0.05) is 107 Å². The number of likely N-dealkylation sites (tertiary alicyclic amines) is 9. The van der Waals surface area contributed by atoms with Gasteiger partial charge in [-0.3, -0.25) is 29.4 Å². The minimum atomic E-state index is -4.43. The zero-order chi connectivity index (χ0) is 106. The van der Waals surface area contributed by atoms with E-state index >= 15 is 0 Å². The summed E-state index contributed by atoms with van der Waals surface area (Å²) >= 11 is 0. The number of piperidine rings is 9. The molecular formula is C96H184F15N19O10. The molecular weight excluding hydrogens is 1860 g/mol. The molecule has 6 amide bonds. The van der Waals surface area contributed by atoms with Crippen molar-refractivity contribution in [1.29, 1.82) is 0 Å². The summed E-state index contributed by atoms with van der Waals surface area (Å²) in [6, 6.07) is 2.12. The molecule has 0 radical (unpaired) electrons. The third-order valence-electron chi connectivity index (χ3n) is 27.7. The molecule has 0 bridgehead atoms. The molecule has 9 heterocycles. The number of carbonyl (C=O) groups excluding carboxylic acids is 5. The second kappa shape index (κ2) is 69.0. The molecule has 0 aromatic rings. The Morgan fingerprint density at radius 1 is 0.321 bits per heavy atom. The van der Waals surface area contributed by atoms with Crippen LogP contribution in [-0.2, 0) is 23.7 Å². The van der Waals surface area contributed by atoms with Crippen LogP contribution in [-0.4, -0.2) is 536 Å². The van der Waals surface area contributed by atoms with Crippen LogP contribution in [0, 0.1) is 0 Å². The van der Waals surface area contributed by atoms with Crippen molar-refractivity contribution in [3.8, 4) is 0 Å². The Morgan fingerprint density at radius 2 is 0.600 bits per heavy atom. The number of halogens is 15. The number of hydrogen-bond donors (Lipinski definition) is 0. The van der Waals surface area contributed by atoms with Crippen LogP contribution in [0.15, 0.2) is 0 Å². The fourth-order valence-corrected chi connectivity index (χ4v) is 19.1. The average molecular weight is 2050 g/mol.